The van der Waals surface area contributed by atoms with Crippen molar-refractivity contribution in [1.82, 2.24) is 20.1 Å². The Morgan fingerprint density at radius 2 is 2.00 bits per heavy atom. The van der Waals surface area contributed by atoms with Gasteiger partial charge in [-0.1, -0.05) is 18.2 Å². The predicted octanol–water partition coefficient (Wildman–Crippen LogP) is 2.07. The fraction of sp³-hybridized carbons (Fsp3) is 0.500. The molecule has 0 radical (unpaired) electrons. The van der Waals surface area contributed by atoms with Crippen LogP contribution in [0.15, 0.2) is 30.3 Å². The van der Waals surface area contributed by atoms with Crippen LogP contribution in [-0.2, 0) is 17.8 Å². The Morgan fingerprint density at radius 1 is 1.17 bits per heavy atom. The fourth-order valence-corrected chi connectivity index (χ4v) is 3.73. The van der Waals surface area contributed by atoms with E-state index >= 15 is 0 Å². The van der Waals surface area contributed by atoms with E-state index in [9.17, 15) is 4.79 Å². The van der Waals surface area contributed by atoms with Crippen molar-refractivity contribution >= 4 is 11.6 Å². The van der Waals surface area contributed by atoms with Crippen LogP contribution in [0, 0.1) is 0 Å². The molecule has 6 heteroatoms. The lowest BCUT2D eigenvalue weighted by Gasteiger charge is -2.22. The molecule has 0 aliphatic carbocycles. The number of carbonyl (C=O) groups excluding carboxylic acids is 1. The fourth-order valence-electron chi connectivity index (χ4n) is 3.73. The monoisotopic (exact) mass is 325 g/mol. The van der Waals surface area contributed by atoms with Gasteiger partial charge in [0.25, 0.3) is 0 Å². The van der Waals surface area contributed by atoms with E-state index in [0.717, 1.165) is 43.3 Å². The second-order valence-electron chi connectivity index (χ2n) is 6.64. The number of nitrogens with zero attached hydrogens (tertiary/aromatic N) is 4. The van der Waals surface area contributed by atoms with Gasteiger partial charge in [0.15, 0.2) is 0 Å². The number of para-hydroxylation sites is 1. The Balaban J connectivity index is 1.46. The molecule has 2 atom stereocenters. The van der Waals surface area contributed by atoms with Crippen molar-refractivity contribution in [2.24, 2.45) is 0 Å². The summed E-state index contributed by atoms with van der Waals surface area (Å²) in [7, 11) is 0. The quantitative estimate of drug-likeness (QED) is 0.935. The van der Waals surface area contributed by atoms with Gasteiger partial charge in [-0.15, -0.1) is 10.2 Å². The minimum absolute atomic E-state index is 0.0222. The molecule has 1 saturated heterocycles. The maximum Gasteiger partial charge on any atom is 0.244 e. The summed E-state index contributed by atoms with van der Waals surface area (Å²) in [5, 5.41) is 12.1. The van der Waals surface area contributed by atoms with Crippen molar-refractivity contribution in [2.75, 3.05) is 11.4 Å². The molecule has 2 aliphatic heterocycles. The SMILES string of the molecule is C[C@@H](N[C@@H]1CCN(c2ccccc2)C1=O)c1nnc2n1CCCC2. The third-order valence-corrected chi connectivity index (χ3v) is 5.00. The number of anilines is 1. The standard InChI is InChI=1S/C18H23N5O/c1-13(17-21-20-16-9-5-6-11-23(16)17)19-15-10-12-22(18(15)24)14-7-3-2-4-8-14/h2-4,7-8,13,15,19H,5-6,9-12H2,1H3/t13-,15-/m1/s1. The maximum absolute atomic E-state index is 12.7. The highest BCUT2D eigenvalue weighted by atomic mass is 16.2. The molecule has 0 spiro atoms. The van der Waals surface area contributed by atoms with Crippen LogP contribution in [-0.4, -0.2) is 33.3 Å². The number of fused-ring (bicyclic) bond motifs is 1. The van der Waals surface area contributed by atoms with Crippen molar-refractivity contribution in [3.8, 4) is 0 Å². The molecular formula is C18H23N5O. The number of carbonyl (C=O) groups is 1. The molecule has 1 aromatic carbocycles. The average Bonchev–Trinajstić information content (AvgIpc) is 3.20. The van der Waals surface area contributed by atoms with Crippen LogP contribution in [0.5, 0.6) is 0 Å². The smallest absolute Gasteiger partial charge is 0.244 e. The zero-order valence-electron chi connectivity index (χ0n) is 14.0. The van der Waals surface area contributed by atoms with Gasteiger partial charge in [-0.25, -0.2) is 0 Å². The second kappa shape index (κ2) is 6.36. The molecule has 1 aromatic heterocycles. The van der Waals surface area contributed by atoms with Crippen LogP contribution >= 0.6 is 0 Å². The van der Waals surface area contributed by atoms with E-state index in [1.165, 1.54) is 12.8 Å². The zero-order valence-corrected chi connectivity index (χ0v) is 14.0. The molecule has 3 heterocycles. The van der Waals surface area contributed by atoms with Crippen LogP contribution in [0.2, 0.25) is 0 Å². The Hall–Kier alpha value is -2.21. The molecule has 126 valence electrons. The van der Waals surface area contributed by atoms with Crippen molar-refractivity contribution in [1.29, 1.82) is 0 Å². The van der Waals surface area contributed by atoms with Gasteiger partial charge in [0.1, 0.15) is 11.6 Å². The van der Waals surface area contributed by atoms with Gasteiger partial charge in [0, 0.05) is 25.2 Å². The molecule has 0 unspecified atom stereocenters. The van der Waals surface area contributed by atoms with E-state index in [1.54, 1.807) is 0 Å². The lowest BCUT2D eigenvalue weighted by atomic mass is 10.1. The first kappa shape index (κ1) is 15.3. The third-order valence-electron chi connectivity index (χ3n) is 5.00. The average molecular weight is 325 g/mol. The molecule has 6 nitrogen and oxygen atoms in total. The van der Waals surface area contributed by atoms with Crippen LogP contribution < -0.4 is 10.2 Å². The second-order valence-corrected chi connectivity index (χ2v) is 6.64. The number of hydrogen-bond acceptors (Lipinski definition) is 4. The van der Waals surface area contributed by atoms with E-state index in [4.69, 9.17) is 0 Å². The molecule has 1 fully saturated rings. The van der Waals surface area contributed by atoms with Gasteiger partial charge in [0.2, 0.25) is 5.91 Å². The first-order valence-corrected chi connectivity index (χ1v) is 8.78. The largest absolute Gasteiger partial charge is 0.314 e. The lowest BCUT2D eigenvalue weighted by Crippen LogP contribution is -2.40. The molecule has 2 aliphatic rings. The van der Waals surface area contributed by atoms with Gasteiger partial charge in [0.05, 0.1) is 12.1 Å². The summed E-state index contributed by atoms with van der Waals surface area (Å²) < 4.78 is 2.22. The van der Waals surface area contributed by atoms with Gasteiger partial charge < -0.3 is 9.47 Å². The van der Waals surface area contributed by atoms with Crippen LogP contribution in [0.25, 0.3) is 0 Å². The summed E-state index contributed by atoms with van der Waals surface area (Å²) in [5.74, 6) is 2.18. The van der Waals surface area contributed by atoms with E-state index in [2.05, 4.69) is 27.0 Å². The highest BCUT2D eigenvalue weighted by molar-refractivity contribution is 5.99. The lowest BCUT2D eigenvalue weighted by molar-refractivity contribution is -0.119. The molecular weight excluding hydrogens is 302 g/mol. The number of aromatic nitrogens is 3. The molecule has 2 aromatic rings. The molecule has 4 rings (SSSR count). The highest BCUT2D eigenvalue weighted by Crippen LogP contribution is 2.24. The van der Waals surface area contributed by atoms with E-state index in [-0.39, 0.29) is 18.0 Å². The van der Waals surface area contributed by atoms with E-state index in [0.29, 0.717) is 0 Å². The number of hydrogen-bond donors (Lipinski definition) is 1. The van der Waals surface area contributed by atoms with Crippen LogP contribution in [0.1, 0.15) is 43.9 Å². The van der Waals surface area contributed by atoms with Crippen molar-refractivity contribution in [3.05, 3.63) is 42.0 Å². The van der Waals surface area contributed by atoms with E-state index < -0.39 is 0 Å². The number of benzene rings is 1. The summed E-state index contributed by atoms with van der Waals surface area (Å²) in [4.78, 5) is 14.6. The molecule has 0 bridgehead atoms. The Kier molecular flexibility index (Phi) is 4.06. The number of nitrogens with one attached hydrogen (secondary N) is 1. The number of aryl methyl sites for hydroxylation is 1. The first-order valence-electron chi connectivity index (χ1n) is 8.78. The topological polar surface area (TPSA) is 63.1 Å². The molecule has 1 amide bonds. The number of rotatable bonds is 4. The highest BCUT2D eigenvalue weighted by Gasteiger charge is 2.34. The summed E-state index contributed by atoms with van der Waals surface area (Å²) in [6.45, 7) is 3.81. The minimum atomic E-state index is -0.156. The summed E-state index contributed by atoms with van der Waals surface area (Å²) in [5.41, 5.74) is 0.972. The summed E-state index contributed by atoms with van der Waals surface area (Å²) >= 11 is 0. The summed E-state index contributed by atoms with van der Waals surface area (Å²) in [6, 6.07) is 9.74. The molecule has 24 heavy (non-hydrogen) atoms. The van der Waals surface area contributed by atoms with E-state index in [1.807, 2.05) is 35.2 Å². The predicted molar refractivity (Wildman–Crippen MR) is 91.7 cm³/mol. The Bertz CT molecular complexity index is 726. The zero-order chi connectivity index (χ0) is 16.5. The van der Waals surface area contributed by atoms with Gasteiger partial charge in [-0.3, -0.25) is 10.1 Å². The van der Waals surface area contributed by atoms with Gasteiger partial charge in [-0.05, 0) is 38.3 Å². The van der Waals surface area contributed by atoms with Crippen LogP contribution in [0.4, 0.5) is 5.69 Å². The molecule has 0 saturated carbocycles. The molecule has 1 N–H and O–H groups in total. The Labute approximate surface area is 141 Å². The minimum Gasteiger partial charge on any atom is -0.314 e. The van der Waals surface area contributed by atoms with Gasteiger partial charge >= 0.3 is 0 Å². The van der Waals surface area contributed by atoms with Crippen LogP contribution in [0.3, 0.4) is 0 Å². The Morgan fingerprint density at radius 3 is 2.83 bits per heavy atom. The third kappa shape index (κ3) is 2.71. The van der Waals surface area contributed by atoms with Gasteiger partial charge in [-0.2, -0.15) is 0 Å². The van der Waals surface area contributed by atoms with Crippen molar-refractivity contribution in [2.45, 2.75) is 51.2 Å². The van der Waals surface area contributed by atoms with Crippen molar-refractivity contribution in [3.63, 3.8) is 0 Å². The first-order chi connectivity index (χ1) is 11.7. The van der Waals surface area contributed by atoms with Crippen molar-refractivity contribution < 1.29 is 4.79 Å². The number of amides is 1. The summed E-state index contributed by atoms with van der Waals surface area (Å²) in [6.07, 6.45) is 4.19. The normalized spacial score (nSPS) is 21.8. The maximum atomic E-state index is 12.7.